The molecule has 2 N–H and O–H groups in total. The van der Waals surface area contributed by atoms with Gasteiger partial charge >= 0.3 is 5.97 Å². The molecule has 0 saturated carbocycles. The number of rotatable bonds is 2. The normalized spacial score (nSPS) is 28.8. The predicted octanol–water partition coefficient (Wildman–Crippen LogP) is -1.01. The number of aliphatic hydroxyl groups is 1. The van der Waals surface area contributed by atoms with Gasteiger partial charge in [0.15, 0.2) is 0 Å². The van der Waals surface area contributed by atoms with Crippen molar-refractivity contribution < 1.29 is 19.8 Å². The van der Waals surface area contributed by atoms with Gasteiger partial charge in [-0.2, -0.15) is 5.10 Å². The molecule has 7 heteroatoms. The number of carbonyl (C=O) groups is 2. The highest BCUT2D eigenvalue weighted by Crippen LogP contribution is 2.37. The first kappa shape index (κ1) is 11.6. The number of aliphatic hydroxyl groups excluding tert-OH is 1. The molecule has 1 amide bonds. The number of aliphatic carboxylic acids is 1. The molecule has 7 nitrogen and oxygen atoms in total. The van der Waals surface area contributed by atoms with Crippen LogP contribution in [0.5, 0.6) is 0 Å². The molecule has 1 aromatic heterocycles. The average molecular weight is 239 g/mol. The van der Waals surface area contributed by atoms with Crippen LogP contribution < -0.4 is 0 Å². The molecule has 0 unspecified atom stereocenters. The lowest BCUT2D eigenvalue weighted by molar-refractivity contribution is -0.147. The number of nitrogens with zero attached hydrogens (tertiary/aromatic N) is 3. The van der Waals surface area contributed by atoms with E-state index in [0.29, 0.717) is 5.56 Å². The van der Waals surface area contributed by atoms with E-state index in [4.69, 9.17) is 5.11 Å². The Kier molecular flexibility index (Phi) is 2.62. The number of likely N-dealkylation sites (N-methyl/N-ethyl adjacent to an activating group) is 1. The van der Waals surface area contributed by atoms with E-state index < -0.39 is 29.9 Å². The largest absolute Gasteiger partial charge is 0.481 e. The molecule has 1 aromatic rings. The van der Waals surface area contributed by atoms with Gasteiger partial charge in [0, 0.05) is 25.9 Å². The molecule has 92 valence electrons. The summed E-state index contributed by atoms with van der Waals surface area (Å²) in [5.41, 5.74) is 0.604. The summed E-state index contributed by atoms with van der Waals surface area (Å²) in [4.78, 5) is 24.0. The maximum Gasteiger partial charge on any atom is 0.312 e. The minimum Gasteiger partial charge on any atom is -0.481 e. The third-order valence-electron chi connectivity index (χ3n) is 3.05. The highest BCUT2D eigenvalue weighted by Gasteiger charge is 2.50. The first-order valence-corrected chi connectivity index (χ1v) is 5.09. The quantitative estimate of drug-likeness (QED) is 0.689. The van der Waals surface area contributed by atoms with Crippen LogP contribution in [0.25, 0.3) is 0 Å². The number of likely N-dealkylation sites (tertiary alicyclic amines) is 1. The lowest BCUT2D eigenvalue weighted by Gasteiger charge is -2.21. The Hall–Kier alpha value is -1.89. The maximum absolute atomic E-state index is 11.6. The fourth-order valence-corrected chi connectivity index (χ4v) is 2.21. The van der Waals surface area contributed by atoms with Crippen molar-refractivity contribution in [3.05, 3.63) is 18.0 Å². The lowest BCUT2D eigenvalue weighted by atomic mass is 9.94. The van der Waals surface area contributed by atoms with E-state index in [2.05, 4.69) is 5.10 Å². The van der Waals surface area contributed by atoms with Crippen LogP contribution in [0.15, 0.2) is 12.4 Å². The van der Waals surface area contributed by atoms with Crippen LogP contribution in [0.1, 0.15) is 11.6 Å². The number of carboxylic acids is 1. The zero-order valence-corrected chi connectivity index (χ0v) is 9.44. The monoisotopic (exact) mass is 239 g/mol. The van der Waals surface area contributed by atoms with E-state index in [1.165, 1.54) is 22.8 Å². The molecule has 0 bridgehead atoms. The van der Waals surface area contributed by atoms with E-state index in [1.807, 2.05) is 0 Å². The van der Waals surface area contributed by atoms with E-state index >= 15 is 0 Å². The SMILES string of the molecule is CN1C(=O)[C@H](O)[C@H](C(=O)O)[C@H]1c1cnn(C)c1. The van der Waals surface area contributed by atoms with Gasteiger partial charge in [0.1, 0.15) is 12.0 Å². The van der Waals surface area contributed by atoms with Gasteiger partial charge in [-0.05, 0) is 0 Å². The Morgan fingerprint density at radius 1 is 1.47 bits per heavy atom. The van der Waals surface area contributed by atoms with Gasteiger partial charge in [-0.3, -0.25) is 14.3 Å². The molecule has 0 spiro atoms. The summed E-state index contributed by atoms with van der Waals surface area (Å²) in [7, 11) is 3.18. The van der Waals surface area contributed by atoms with Gasteiger partial charge in [-0.15, -0.1) is 0 Å². The molecular formula is C10H13N3O4. The standard InChI is InChI=1S/C10H13N3O4/c1-12-4-5(3-11-12)7-6(10(16)17)8(14)9(15)13(7)2/h3-4,6-8,14H,1-2H3,(H,16,17)/t6-,7-,8-/m1/s1. The Balaban J connectivity index is 2.43. The molecule has 0 radical (unpaired) electrons. The number of carbonyl (C=O) groups excluding carboxylic acids is 1. The Bertz CT molecular complexity index is 470. The second-order valence-electron chi connectivity index (χ2n) is 4.15. The van der Waals surface area contributed by atoms with Gasteiger partial charge in [-0.1, -0.05) is 0 Å². The molecule has 2 heterocycles. The predicted molar refractivity (Wildman–Crippen MR) is 55.9 cm³/mol. The van der Waals surface area contributed by atoms with Gasteiger partial charge in [-0.25, -0.2) is 0 Å². The van der Waals surface area contributed by atoms with Crippen LogP contribution in [0.4, 0.5) is 0 Å². The topological polar surface area (TPSA) is 95.7 Å². The molecular weight excluding hydrogens is 226 g/mol. The summed E-state index contributed by atoms with van der Waals surface area (Å²) < 4.78 is 1.53. The van der Waals surface area contributed by atoms with Crippen LogP contribution in [-0.2, 0) is 16.6 Å². The van der Waals surface area contributed by atoms with E-state index in [9.17, 15) is 14.7 Å². The molecule has 17 heavy (non-hydrogen) atoms. The van der Waals surface area contributed by atoms with Crippen molar-refractivity contribution in [1.29, 1.82) is 0 Å². The number of aromatic nitrogens is 2. The summed E-state index contributed by atoms with van der Waals surface area (Å²) in [6, 6.07) is -0.677. The van der Waals surface area contributed by atoms with Gasteiger partial charge < -0.3 is 15.1 Å². The van der Waals surface area contributed by atoms with Crippen molar-refractivity contribution in [2.24, 2.45) is 13.0 Å². The summed E-state index contributed by atoms with van der Waals surface area (Å²) in [6.45, 7) is 0. The molecule has 0 aromatic carbocycles. The fraction of sp³-hybridized carbons (Fsp3) is 0.500. The third kappa shape index (κ3) is 1.68. The Morgan fingerprint density at radius 2 is 2.12 bits per heavy atom. The average Bonchev–Trinajstić information content (AvgIpc) is 2.76. The molecule has 1 aliphatic rings. The first-order valence-electron chi connectivity index (χ1n) is 5.09. The second kappa shape index (κ2) is 3.85. The van der Waals surface area contributed by atoms with Crippen molar-refractivity contribution in [1.82, 2.24) is 14.7 Å². The Labute approximate surface area is 97.3 Å². The van der Waals surface area contributed by atoms with Crippen molar-refractivity contribution in [2.75, 3.05) is 7.05 Å². The number of amides is 1. The van der Waals surface area contributed by atoms with Crippen molar-refractivity contribution in [3.8, 4) is 0 Å². The molecule has 1 saturated heterocycles. The van der Waals surface area contributed by atoms with Crippen LogP contribution in [-0.4, -0.2) is 49.9 Å². The van der Waals surface area contributed by atoms with Crippen molar-refractivity contribution in [2.45, 2.75) is 12.1 Å². The summed E-state index contributed by atoms with van der Waals surface area (Å²) in [5.74, 6) is -2.92. The van der Waals surface area contributed by atoms with Gasteiger partial charge in [0.2, 0.25) is 0 Å². The molecule has 1 fully saturated rings. The van der Waals surface area contributed by atoms with E-state index in [1.54, 1.807) is 13.2 Å². The van der Waals surface area contributed by atoms with Crippen LogP contribution >= 0.6 is 0 Å². The minimum atomic E-state index is -1.50. The maximum atomic E-state index is 11.6. The van der Waals surface area contributed by atoms with Gasteiger partial charge in [0.25, 0.3) is 5.91 Å². The molecule has 3 atom stereocenters. The van der Waals surface area contributed by atoms with Crippen molar-refractivity contribution >= 4 is 11.9 Å². The number of hydrogen-bond donors (Lipinski definition) is 2. The molecule has 1 aliphatic heterocycles. The van der Waals surface area contributed by atoms with Crippen LogP contribution in [0.2, 0.25) is 0 Å². The zero-order valence-electron chi connectivity index (χ0n) is 9.44. The zero-order chi connectivity index (χ0) is 12.7. The third-order valence-corrected chi connectivity index (χ3v) is 3.05. The summed E-state index contributed by atoms with van der Waals surface area (Å²) >= 11 is 0. The number of carboxylic acid groups (broad SMARTS) is 1. The Morgan fingerprint density at radius 3 is 2.59 bits per heavy atom. The van der Waals surface area contributed by atoms with E-state index in [-0.39, 0.29) is 0 Å². The lowest BCUT2D eigenvalue weighted by Crippen LogP contribution is -2.29. The summed E-state index contributed by atoms with van der Waals surface area (Å²) in [6.07, 6.45) is 1.65. The highest BCUT2D eigenvalue weighted by molar-refractivity contribution is 5.91. The fourth-order valence-electron chi connectivity index (χ4n) is 2.21. The van der Waals surface area contributed by atoms with Crippen LogP contribution in [0.3, 0.4) is 0 Å². The summed E-state index contributed by atoms with van der Waals surface area (Å²) in [5, 5.41) is 22.7. The van der Waals surface area contributed by atoms with Gasteiger partial charge in [0.05, 0.1) is 12.2 Å². The first-order chi connectivity index (χ1) is 7.93. The van der Waals surface area contributed by atoms with Crippen LogP contribution in [0, 0.1) is 5.92 Å². The van der Waals surface area contributed by atoms with E-state index in [0.717, 1.165) is 0 Å². The molecule has 2 rings (SSSR count). The van der Waals surface area contributed by atoms with Crippen molar-refractivity contribution in [3.63, 3.8) is 0 Å². The molecule has 0 aliphatic carbocycles. The minimum absolute atomic E-state index is 0.578. The second-order valence-corrected chi connectivity index (χ2v) is 4.15. The highest BCUT2D eigenvalue weighted by atomic mass is 16.4. The number of aryl methyl sites for hydroxylation is 1. The number of hydrogen-bond acceptors (Lipinski definition) is 4. The smallest absolute Gasteiger partial charge is 0.312 e.